The summed E-state index contributed by atoms with van der Waals surface area (Å²) in [6.45, 7) is 18.1. The molecule has 42 heavy (non-hydrogen) atoms. The molecule has 4 aliphatic heterocycles. The molecular weight excluding hydrogens is 928 g/mol. The Hall–Kier alpha value is 2.61. The van der Waals surface area contributed by atoms with Gasteiger partial charge in [0.15, 0.2) is 0 Å². The van der Waals surface area contributed by atoms with Crippen LogP contribution in [0.15, 0.2) is 0 Å². The minimum absolute atomic E-state index is 0. The van der Waals surface area contributed by atoms with Gasteiger partial charge in [-0.2, -0.15) is 0 Å². The van der Waals surface area contributed by atoms with Gasteiger partial charge in [-0.25, -0.2) is 0 Å². The summed E-state index contributed by atoms with van der Waals surface area (Å²) in [6, 6.07) is 0. The summed E-state index contributed by atoms with van der Waals surface area (Å²) in [5, 5.41) is 16.9. The molecule has 0 aliphatic carbocycles. The van der Waals surface area contributed by atoms with Crippen LogP contribution in [0.3, 0.4) is 0 Å². The number of hydrogen-bond acceptors (Lipinski definition) is 2. The molecule has 264 valence electrons. The smallest absolute Gasteiger partial charge is 1.00 e. The van der Waals surface area contributed by atoms with E-state index in [1.165, 1.54) is 51.4 Å². The molecule has 4 rings (SSSR count). The first-order chi connectivity index (χ1) is 17.0. The van der Waals surface area contributed by atoms with E-state index in [1.54, 1.807) is 25.0 Å². The van der Waals surface area contributed by atoms with Crippen molar-refractivity contribution in [3.8, 4) is 0 Å². The molecule has 14 heteroatoms. The second-order valence-corrected chi connectivity index (χ2v) is 13.9. The van der Waals surface area contributed by atoms with Crippen LogP contribution in [0.1, 0.15) is 79.1 Å². The zero-order chi connectivity index (χ0) is 27.6. The first kappa shape index (κ1) is 63.3. The fourth-order valence-electron chi connectivity index (χ4n) is 3.52. The Morgan fingerprint density at radius 1 is 0.405 bits per heavy atom. The van der Waals surface area contributed by atoms with Crippen molar-refractivity contribution in [2.45, 2.75) is 79.1 Å². The summed E-state index contributed by atoms with van der Waals surface area (Å²) in [4.78, 5) is 0. The Labute approximate surface area is 318 Å². The van der Waals surface area contributed by atoms with Gasteiger partial charge in [0, 0.05) is 46.6 Å². The van der Waals surface area contributed by atoms with Gasteiger partial charge in [-0.05, 0) is 23.7 Å². The van der Waals surface area contributed by atoms with Gasteiger partial charge in [-0.15, -0.1) is 52.4 Å². The van der Waals surface area contributed by atoms with Crippen LogP contribution in [-0.2, 0) is 62.1 Å². The van der Waals surface area contributed by atoms with Gasteiger partial charge >= 0.3 is 40.5 Å². The second kappa shape index (κ2) is 48.0. The standard InChI is InChI=1S/4C6H12N.2C2H6OS.4ClH.Pt.Rh/c4*1-6-2-4-7-5-3-6;2*1-4(2)3;;;;;;/h4*6H,2-5H2,1H3;2*1-2H3;4*1H;;/q4*-1;;;;;;;+4;+3/p-4. The largest absolute Gasteiger partial charge is 4.00 e. The SMILES string of the molecule is CC1CC[N-]CC1.CC1CC[N-]CC1.CC1CC[N-]CC1.CC1CC[N-]CC1.CS(C)=O.CS(C)=O.[Cl-].[Cl-].[Cl-].[Cl-].[Pt+4].[Rh+3]. The molecule has 0 bridgehead atoms. The van der Waals surface area contributed by atoms with Crippen LogP contribution in [0.25, 0.3) is 21.3 Å². The number of hydrogen-bond donors (Lipinski definition) is 0. The zero-order valence-electron chi connectivity index (χ0n) is 27.2. The van der Waals surface area contributed by atoms with Crippen molar-refractivity contribution in [3.63, 3.8) is 0 Å². The molecule has 0 aromatic rings. The maximum atomic E-state index is 9.56. The average molecular weight is 989 g/mol. The van der Waals surface area contributed by atoms with E-state index in [4.69, 9.17) is 0 Å². The van der Waals surface area contributed by atoms with Gasteiger partial charge in [0.1, 0.15) is 0 Å². The predicted molar refractivity (Wildman–Crippen MR) is 166 cm³/mol. The number of rotatable bonds is 0. The number of halogens is 4. The van der Waals surface area contributed by atoms with E-state index in [0.29, 0.717) is 0 Å². The molecule has 4 fully saturated rings. The van der Waals surface area contributed by atoms with E-state index >= 15 is 0 Å². The summed E-state index contributed by atoms with van der Waals surface area (Å²) < 4.78 is 19.1. The molecule has 0 spiro atoms. The molecule has 0 amide bonds. The maximum Gasteiger partial charge on any atom is 4.00 e. The fourth-order valence-corrected chi connectivity index (χ4v) is 3.52. The van der Waals surface area contributed by atoms with Crippen LogP contribution in [0.4, 0.5) is 0 Å². The topological polar surface area (TPSA) is 90.5 Å². The summed E-state index contributed by atoms with van der Waals surface area (Å²) >= 11 is 0. The van der Waals surface area contributed by atoms with Gasteiger partial charge in [0.25, 0.3) is 0 Å². The van der Waals surface area contributed by atoms with Crippen LogP contribution < -0.4 is 49.6 Å². The molecule has 6 nitrogen and oxygen atoms in total. The molecule has 0 atom stereocenters. The Kier molecular flexibility index (Phi) is 72.4. The molecule has 4 saturated heterocycles. The van der Waals surface area contributed by atoms with Gasteiger partial charge in [0.05, 0.1) is 0 Å². The van der Waals surface area contributed by atoms with Crippen molar-refractivity contribution in [1.29, 1.82) is 0 Å². The van der Waals surface area contributed by atoms with Gasteiger partial charge in [-0.3, -0.25) is 8.42 Å². The van der Waals surface area contributed by atoms with Crippen LogP contribution in [0.5, 0.6) is 0 Å². The van der Waals surface area contributed by atoms with Crippen LogP contribution in [-0.4, -0.2) is 85.8 Å². The molecule has 4 aliphatic rings. The third kappa shape index (κ3) is 61.6. The summed E-state index contributed by atoms with van der Waals surface area (Å²) in [5.41, 5.74) is 0. The van der Waals surface area contributed by atoms with E-state index in [-0.39, 0.29) is 90.2 Å². The van der Waals surface area contributed by atoms with Crippen molar-refractivity contribution in [2.24, 2.45) is 23.7 Å². The van der Waals surface area contributed by atoms with Gasteiger partial charge in [0.2, 0.25) is 0 Å². The van der Waals surface area contributed by atoms with Crippen molar-refractivity contribution in [3.05, 3.63) is 21.3 Å². The van der Waals surface area contributed by atoms with E-state index in [1.807, 2.05) is 0 Å². The molecule has 0 unspecified atom stereocenters. The Bertz CT molecular complexity index is 436. The summed E-state index contributed by atoms with van der Waals surface area (Å²) in [5.74, 6) is 3.77. The summed E-state index contributed by atoms with van der Waals surface area (Å²) in [6.07, 6.45) is 17.1. The van der Waals surface area contributed by atoms with E-state index in [0.717, 1.165) is 76.0 Å². The predicted octanol–water partition coefficient (Wildman–Crippen LogP) is -4.84. The monoisotopic (exact) mass is 986 g/mol. The third-order valence-electron chi connectivity index (χ3n) is 6.24. The summed E-state index contributed by atoms with van der Waals surface area (Å²) in [7, 11) is -1.22. The van der Waals surface area contributed by atoms with Crippen LogP contribution in [0.2, 0.25) is 0 Å². The average Bonchev–Trinajstić information content (AvgIpc) is 2.82. The Balaban J connectivity index is -0.0000000543. The molecule has 4 heterocycles. The van der Waals surface area contributed by atoms with E-state index in [9.17, 15) is 8.42 Å². The van der Waals surface area contributed by atoms with Gasteiger partial charge in [-0.1, -0.05) is 79.1 Å². The van der Waals surface area contributed by atoms with Crippen molar-refractivity contribution < 1.29 is 98.6 Å². The molecular formula is C28H60Cl4N4O2PtRhS2-. The third-order valence-corrected chi connectivity index (χ3v) is 6.24. The Morgan fingerprint density at radius 3 is 0.548 bits per heavy atom. The number of piperidine rings is 4. The second-order valence-electron chi connectivity index (χ2n) is 10.9. The molecule has 0 aromatic carbocycles. The molecule has 0 N–H and O–H groups in total. The molecule has 0 saturated carbocycles. The minimum atomic E-state index is -0.611. The van der Waals surface area contributed by atoms with Crippen molar-refractivity contribution in [1.82, 2.24) is 0 Å². The maximum absolute atomic E-state index is 9.56. The quantitative estimate of drug-likeness (QED) is 0.229. The first-order valence-electron chi connectivity index (χ1n) is 14.1. The molecule has 0 aromatic heterocycles. The van der Waals surface area contributed by atoms with Crippen LogP contribution in [0, 0.1) is 23.7 Å². The molecule has 0 radical (unpaired) electrons. The van der Waals surface area contributed by atoms with Crippen LogP contribution >= 0.6 is 0 Å². The number of nitrogens with zero attached hydrogens (tertiary/aromatic N) is 4. The van der Waals surface area contributed by atoms with Crippen molar-refractivity contribution in [2.75, 3.05) is 77.4 Å². The van der Waals surface area contributed by atoms with Gasteiger partial charge < -0.3 is 70.9 Å². The van der Waals surface area contributed by atoms with E-state index < -0.39 is 21.6 Å². The Morgan fingerprint density at radius 2 is 0.500 bits per heavy atom. The fraction of sp³-hybridized carbons (Fsp3) is 1.00. The minimum Gasteiger partial charge on any atom is -1.00 e. The van der Waals surface area contributed by atoms with E-state index in [2.05, 4.69) is 49.0 Å². The first-order valence-corrected chi connectivity index (χ1v) is 18.0. The van der Waals surface area contributed by atoms with Crippen molar-refractivity contribution >= 4 is 21.6 Å². The normalized spacial score (nSPS) is 18.5. The zero-order valence-corrected chi connectivity index (χ0v) is 35.8.